The molecule has 0 fully saturated rings. The Balaban J connectivity index is 2.17. The van der Waals surface area contributed by atoms with Gasteiger partial charge in [-0.25, -0.2) is 4.79 Å². The Morgan fingerprint density at radius 1 is 1.41 bits per heavy atom. The van der Waals surface area contributed by atoms with Gasteiger partial charge in [-0.3, -0.25) is 4.68 Å². The minimum Gasteiger partial charge on any atom is -0.464 e. The van der Waals surface area contributed by atoms with Crippen molar-refractivity contribution in [1.29, 1.82) is 0 Å². The molecule has 2 rings (SSSR count). The van der Waals surface area contributed by atoms with Crippen LogP contribution in [0.25, 0.3) is 0 Å². The van der Waals surface area contributed by atoms with Crippen molar-refractivity contribution in [2.24, 2.45) is 0 Å². The molecule has 2 aromatic rings. The molecular weight excluding hydrogens is 218 g/mol. The summed E-state index contributed by atoms with van der Waals surface area (Å²) in [5.41, 5.74) is 7.80. The molecule has 0 saturated carbocycles. The fourth-order valence-electron chi connectivity index (χ4n) is 1.52. The Bertz CT molecular complexity index is 534. The van der Waals surface area contributed by atoms with E-state index in [0.29, 0.717) is 17.9 Å². The van der Waals surface area contributed by atoms with Crippen molar-refractivity contribution < 1.29 is 9.53 Å². The molecule has 1 heterocycles. The van der Waals surface area contributed by atoms with Crippen LogP contribution >= 0.6 is 0 Å². The average Bonchev–Trinajstić information content (AvgIpc) is 2.80. The highest BCUT2D eigenvalue weighted by molar-refractivity contribution is 5.86. The lowest BCUT2D eigenvalue weighted by Gasteiger charge is -2.04. The molecule has 0 bridgehead atoms. The van der Waals surface area contributed by atoms with E-state index < -0.39 is 5.97 Å². The van der Waals surface area contributed by atoms with Crippen LogP contribution in [0.5, 0.6) is 0 Å². The highest BCUT2D eigenvalue weighted by Gasteiger charge is 2.09. The number of anilines is 1. The third kappa shape index (κ3) is 2.44. The number of carbonyl (C=O) groups is 1. The van der Waals surface area contributed by atoms with Gasteiger partial charge < -0.3 is 10.5 Å². The molecule has 0 aliphatic heterocycles. The van der Waals surface area contributed by atoms with Gasteiger partial charge in [-0.15, -0.1) is 0 Å². The lowest BCUT2D eigenvalue weighted by molar-refractivity contribution is 0.0593. The molecule has 0 radical (unpaired) electrons. The Kier molecular flexibility index (Phi) is 3.09. The predicted octanol–water partition coefficient (Wildman–Crippen LogP) is 1.30. The molecule has 0 aliphatic carbocycles. The van der Waals surface area contributed by atoms with E-state index in [1.807, 2.05) is 24.3 Å². The van der Waals surface area contributed by atoms with Crippen molar-refractivity contribution in [2.75, 3.05) is 12.8 Å². The molecule has 2 N–H and O–H groups in total. The number of methoxy groups -OCH3 is 1. The second kappa shape index (κ2) is 4.69. The maximum Gasteiger partial charge on any atom is 0.358 e. The Morgan fingerprint density at radius 3 is 2.88 bits per heavy atom. The van der Waals surface area contributed by atoms with Gasteiger partial charge in [-0.05, 0) is 17.7 Å². The summed E-state index contributed by atoms with van der Waals surface area (Å²) in [7, 11) is 1.33. The molecule has 0 amide bonds. The van der Waals surface area contributed by atoms with Crippen LogP contribution in [0, 0.1) is 0 Å². The van der Waals surface area contributed by atoms with Crippen LogP contribution in [0.4, 0.5) is 5.69 Å². The van der Waals surface area contributed by atoms with Crippen LogP contribution in [0.3, 0.4) is 0 Å². The minimum absolute atomic E-state index is 0.294. The van der Waals surface area contributed by atoms with E-state index in [-0.39, 0.29) is 0 Å². The lowest BCUT2D eigenvalue weighted by atomic mass is 10.2. The number of benzene rings is 1. The van der Waals surface area contributed by atoms with E-state index in [2.05, 4.69) is 9.84 Å². The maximum atomic E-state index is 11.2. The number of ether oxygens (including phenoxy) is 1. The van der Waals surface area contributed by atoms with E-state index in [0.717, 1.165) is 5.56 Å². The zero-order valence-corrected chi connectivity index (χ0v) is 9.46. The molecule has 88 valence electrons. The predicted molar refractivity (Wildman–Crippen MR) is 63.5 cm³/mol. The first-order chi connectivity index (χ1) is 8.20. The molecular formula is C12H13N3O2. The Morgan fingerprint density at radius 2 is 2.18 bits per heavy atom. The van der Waals surface area contributed by atoms with E-state index in [1.165, 1.54) is 7.11 Å². The second-order valence-corrected chi connectivity index (χ2v) is 3.59. The van der Waals surface area contributed by atoms with Gasteiger partial charge >= 0.3 is 5.97 Å². The number of esters is 1. The largest absolute Gasteiger partial charge is 0.464 e. The maximum absolute atomic E-state index is 11.2. The van der Waals surface area contributed by atoms with Gasteiger partial charge in [-0.2, -0.15) is 5.10 Å². The molecule has 0 spiro atoms. The van der Waals surface area contributed by atoms with Crippen LogP contribution in [0.15, 0.2) is 36.5 Å². The zero-order chi connectivity index (χ0) is 12.3. The smallest absolute Gasteiger partial charge is 0.358 e. The summed E-state index contributed by atoms with van der Waals surface area (Å²) in [5.74, 6) is -0.440. The van der Waals surface area contributed by atoms with E-state index in [9.17, 15) is 4.79 Å². The van der Waals surface area contributed by atoms with Gasteiger partial charge in [0.2, 0.25) is 0 Å². The van der Waals surface area contributed by atoms with E-state index >= 15 is 0 Å². The summed E-state index contributed by atoms with van der Waals surface area (Å²) in [6.45, 7) is 0.531. The van der Waals surface area contributed by atoms with Crippen LogP contribution in [0.2, 0.25) is 0 Å². The highest BCUT2D eigenvalue weighted by atomic mass is 16.5. The fourth-order valence-corrected chi connectivity index (χ4v) is 1.52. The van der Waals surface area contributed by atoms with Gasteiger partial charge in [-0.1, -0.05) is 18.2 Å². The number of nitrogen functional groups attached to an aromatic ring is 1. The molecule has 0 atom stereocenters. The molecule has 17 heavy (non-hydrogen) atoms. The molecule has 5 nitrogen and oxygen atoms in total. The number of hydrogen-bond acceptors (Lipinski definition) is 4. The quantitative estimate of drug-likeness (QED) is 0.638. The summed E-state index contributed by atoms with van der Waals surface area (Å²) in [4.78, 5) is 11.2. The average molecular weight is 231 g/mol. The van der Waals surface area contributed by atoms with Crippen LogP contribution < -0.4 is 5.73 Å². The third-order valence-corrected chi connectivity index (χ3v) is 2.42. The number of hydrogen-bond donors (Lipinski definition) is 1. The van der Waals surface area contributed by atoms with Crippen molar-refractivity contribution in [2.45, 2.75) is 6.54 Å². The number of aromatic nitrogens is 2. The monoisotopic (exact) mass is 231 g/mol. The number of carbonyl (C=O) groups excluding carboxylic acids is 1. The molecule has 0 aliphatic rings. The Labute approximate surface area is 98.8 Å². The summed E-state index contributed by atoms with van der Waals surface area (Å²) in [5, 5.41) is 4.10. The number of nitrogens with zero attached hydrogens (tertiary/aromatic N) is 2. The first-order valence-electron chi connectivity index (χ1n) is 5.16. The number of nitrogens with two attached hydrogens (primary N) is 1. The summed E-state index contributed by atoms with van der Waals surface area (Å²) < 4.78 is 6.23. The van der Waals surface area contributed by atoms with Crippen molar-refractivity contribution in [3.63, 3.8) is 0 Å². The van der Waals surface area contributed by atoms with Crippen LogP contribution in [-0.2, 0) is 11.3 Å². The molecule has 1 aromatic heterocycles. The van der Waals surface area contributed by atoms with Gasteiger partial charge in [0.15, 0.2) is 5.69 Å². The third-order valence-electron chi connectivity index (χ3n) is 2.42. The van der Waals surface area contributed by atoms with Crippen LogP contribution in [-0.4, -0.2) is 22.9 Å². The van der Waals surface area contributed by atoms with Crippen molar-refractivity contribution in [3.05, 3.63) is 47.8 Å². The Hall–Kier alpha value is -2.30. The minimum atomic E-state index is -0.440. The summed E-state index contributed by atoms with van der Waals surface area (Å²) >= 11 is 0. The van der Waals surface area contributed by atoms with E-state index in [1.54, 1.807) is 16.9 Å². The number of rotatable bonds is 3. The molecule has 1 aromatic carbocycles. The normalized spacial score (nSPS) is 10.2. The highest BCUT2D eigenvalue weighted by Crippen LogP contribution is 2.12. The first kappa shape index (κ1) is 11.2. The van der Waals surface area contributed by atoms with Crippen molar-refractivity contribution >= 4 is 11.7 Å². The lowest BCUT2D eigenvalue weighted by Crippen LogP contribution is -2.07. The van der Waals surface area contributed by atoms with Gasteiger partial charge in [0, 0.05) is 11.9 Å². The van der Waals surface area contributed by atoms with Gasteiger partial charge in [0.1, 0.15) is 0 Å². The zero-order valence-electron chi connectivity index (χ0n) is 9.46. The topological polar surface area (TPSA) is 70.1 Å². The first-order valence-corrected chi connectivity index (χ1v) is 5.16. The molecule has 0 unspecified atom stereocenters. The standard InChI is InChI=1S/C12H13N3O2/c1-17-12(16)11-6-7-15(14-11)8-9-4-2-3-5-10(9)13/h2-7H,8,13H2,1H3. The second-order valence-electron chi connectivity index (χ2n) is 3.59. The molecule has 0 saturated heterocycles. The SMILES string of the molecule is COC(=O)c1ccn(Cc2ccccc2N)n1. The summed E-state index contributed by atoms with van der Waals surface area (Å²) in [6.07, 6.45) is 1.72. The van der Waals surface area contributed by atoms with Crippen molar-refractivity contribution in [1.82, 2.24) is 9.78 Å². The van der Waals surface area contributed by atoms with E-state index in [4.69, 9.17) is 5.73 Å². The number of para-hydroxylation sites is 1. The van der Waals surface area contributed by atoms with Gasteiger partial charge in [0.25, 0.3) is 0 Å². The summed E-state index contributed by atoms with van der Waals surface area (Å²) in [6, 6.07) is 9.16. The fraction of sp³-hybridized carbons (Fsp3) is 0.167. The van der Waals surface area contributed by atoms with Gasteiger partial charge in [0.05, 0.1) is 13.7 Å². The molecule has 5 heteroatoms. The van der Waals surface area contributed by atoms with Crippen LogP contribution in [0.1, 0.15) is 16.1 Å². The van der Waals surface area contributed by atoms with Crippen molar-refractivity contribution in [3.8, 4) is 0 Å².